The Hall–Kier alpha value is -3.36. The quantitative estimate of drug-likeness (QED) is 0.668. The van der Waals surface area contributed by atoms with Crippen LogP contribution in [-0.2, 0) is 0 Å². The number of carbonyl (C=O) groups is 1. The molecule has 0 spiro atoms. The van der Waals surface area contributed by atoms with Crippen molar-refractivity contribution in [2.24, 2.45) is 5.92 Å². The van der Waals surface area contributed by atoms with Gasteiger partial charge in [-0.2, -0.15) is 10.2 Å². The van der Waals surface area contributed by atoms with Crippen LogP contribution in [0.3, 0.4) is 0 Å². The van der Waals surface area contributed by atoms with E-state index in [2.05, 4.69) is 30.0 Å². The zero-order valence-corrected chi connectivity index (χ0v) is 16.4. The van der Waals surface area contributed by atoms with Gasteiger partial charge in [0.15, 0.2) is 5.69 Å². The number of anilines is 1. The third kappa shape index (κ3) is 3.12. The summed E-state index contributed by atoms with van der Waals surface area (Å²) in [5, 5.41) is 8.30. The summed E-state index contributed by atoms with van der Waals surface area (Å²) in [5.74, 6) is 1.24. The third-order valence-electron chi connectivity index (χ3n) is 5.69. The SMILES string of the molecule is Cc1cc(C)nc(N2CC3CCN(C(=O)c4ncccc4-n4nccn4)CC32)n1. The Balaban J connectivity index is 1.38. The zero-order chi connectivity index (χ0) is 20.0. The number of pyridine rings is 1. The molecule has 0 aliphatic carbocycles. The third-order valence-corrected chi connectivity index (χ3v) is 5.69. The van der Waals surface area contributed by atoms with Crippen LogP contribution in [0.15, 0.2) is 36.8 Å². The lowest BCUT2D eigenvalue weighted by Crippen LogP contribution is -2.65. The fraction of sp³-hybridized carbons (Fsp3) is 0.400. The van der Waals surface area contributed by atoms with Gasteiger partial charge in [-0.15, -0.1) is 4.80 Å². The second-order valence-electron chi connectivity index (χ2n) is 7.66. The number of likely N-dealkylation sites (tertiary alicyclic amines) is 1. The molecule has 2 atom stereocenters. The van der Waals surface area contributed by atoms with Crippen LogP contribution < -0.4 is 4.90 Å². The van der Waals surface area contributed by atoms with E-state index in [1.54, 1.807) is 24.7 Å². The fourth-order valence-electron chi connectivity index (χ4n) is 4.26. The molecule has 9 heteroatoms. The Kier molecular flexibility index (Phi) is 4.22. The highest BCUT2D eigenvalue weighted by Gasteiger charge is 2.45. The van der Waals surface area contributed by atoms with Crippen LogP contribution in [0.1, 0.15) is 28.3 Å². The molecule has 3 aromatic rings. The van der Waals surface area contributed by atoms with Gasteiger partial charge in [0.2, 0.25) is 5.95 Å². The van der Waals surface area contributed by atoms with Crippen LogP contribution in [0.25, 0.3) is 5.69 Å². The molecule has 148 valence electrons. The summed E-state index contributed by atoms with van der Waals surface area (Å²) in [6.45, 7) is 6.28. The highest BCUT2D eigenvalue weighted by atomic mass is 16.2. The number of piperidine rings is 1. The second kappa shape index (κ2) is 6.91. The highest BCUT2D eigenvalue weighted by Crippen LogP contribution is 2.35. The fourth-order valence-corrected chi connectivity index (χ4v) is 4.26. The van der Waals surface area contributed by atoms with Crippen molar-refractivity contribution in [1.82, 2.24) is 34.8 Å². The predicted molar refractivity (Wildman–Crippen MR) is 106 cm³/mol. The Labute approximate surface area is 168 Å². The lowest BCUT2D eigenvalue weighted by molar-refractivity contribution is 0.0583. The average Bonchev–Trinajstić information content (AvgIpc) is 3.22. The molecule has 2 aliphatic heterocycles. The van der Waals surface area contributed by atoms with Gasteiger partial charge in [-0.1, -0.05) is 0 Å². The molecule has 2 aliphatic rings. The summed E-state index contributed by atoms with van der Waals surface area (Å²) in [6.07, 6.45) is 5.78. The summed E-state index contributed by atoms with van der Waals surface area (Å²) in [5.41, 5.74) is 2.89. The van der Waals surface area contributed by atoms with Crippen LogP contribution >= 0.6 is 0 Å². The molecule has 1 amide bonds. The van der Waals surface area contributed by atoms with Crippen molar-refractivity contribution in [2.75, 3.05) is 24.5 Å². The first-order chi connectivity index (χ1) is 14.1. The van der Waals surface area contributed by atoms with E-state index in [9.17, 15) is 4.79 Å². The van der Waals surface area contributed by atoms with Crippen molar-refractivity contribution >= 4 is 11.9 Å². The normalized spacial score (nSPS) is 20.9. The molecule has 5 heterocycles. The minimum atomic E-state index is -0.0930. The summed E-state index contributed by atoms with van der Waals surface area (Å²) >= 11 is 0. The maximum absolute atomic E-state index is 13.3. The van der Waals surface area contributed by atoms with E-state index < -0.39 is 0 Å². The number of aryl methyl sites for hydroxylation is 2. The molecule has 9 nitrogen and oxygen atoms in total. The van der Waals surface area contributed by atoms with Gasteiger partial charge in [-0.3, -0.25) is 4.79 Å². The molecule has 5 rings (SSSR count). The molecule has 3 aromatic heterocycles. The molecule has 0 radical (unpaired) electrons. The van der Waals surface area contributed by atoms with Crippen molar-refractivity contribution in [3.05, 3.63) is 53.9 Å². The van der Waals surface area contributed by atoms with Crippen molar-refractivity contribution in [2.45, 2.75) is 26.3 Å². The topological polar surface area (TPSA) is 92.9 Å². The van der Waals surface area contributed by atoms with Crippen LogP contribution in [0.4, 0.5) is 5.95 Å². The summed E-state index contributed by atoms with van der Waals surface area (Å²) in [4.78, 5) is 32.4. The highest BCUT2D eigenvalue weighted by molar-refractivity contribution is 5.95. The van der Waals surface area contributed by atoms with Gasteiger partial charge in [0.1, 0.15) is 5.69 Å². The molecular weight excluding hydrogens is 368 g/mol. The van der Waals surface area contributed by atoms with Crippen molar-refractivity contribution in [3.63, 3.8) is 0 Å². The molecule has 29 heavy (non-hydrogen) atoms. The smallest absolute Gasteiger partial charge is 0.274 e. The van der Waals surface area contributed by atoms with E-state index >= 15 is 0 Å². The first-order valence-corrected chi connectivity index (χ1v) is 9.80. The maximum atomic E-state index is 13.3. The number of amides is 1. The van der Waals surface area contributed by atoms with E-state index in [4.69, 9.17) is 0 Å². The number of aromatic nitrogens is 6. The summed E-state index contributed by atoms with van der Waals surface area (Å²) < 4.78 is 0. The minimum Gasteiger partial charge on any atom is -0.335 e. The van der Waals surface area contributed by atoms with Crippen molar-refractivity contribution in [1.29, 1.82) is 0 Å². The number of hydrogen-bond acceptors (Lipinski definition) is 7. The van der Waals surface area contributed by atoms with E-state index in [-0.39, 0.29) is 11.9 Å². The Morgan fingerprint density at radius 3 is 2.59 bits per heavy atom. The lowest BCUT2D eigenvalue weighted by Gasteiger charge is -2.53. The number of fused-ring (bicyclic) bond motifs is 1. The second-order valence-corrected chi connectivity index (χ2v) is 7.66. The molecule has 2 fully saturated rings. The monoisotopic (exact) mass is 390 g/mol. The van der Waals surface area contributed by atoms with E-state index in [0.29, 0.717) is 23.8 Å². The Morgan fingerprint density at radius 2 is 1.83 bits per heavy atom. The largest absolute Gasteiger partial charge is 0.335 e. The van der Waals surface area contributed by atoms with Crippen LogP contribution in [0.2, 0.25) is 0 Å². The molecule has 0 bridgehead atoms. The van der Waals surface area contributed by atoms with Crippen molar-refractivity contribution < 1.29 is 4.79 Å². The predicted octanol–water partition coefficient (Wildman–Crippen LogP) is 1.42. The van der Waals surface area contributed by atoms with E-state index in [1.165, 1.54) is 4.80 Å². The Bertz CT molecular complexity index is 1030. The molecule has 2 saturated heterocycles. The van der Waals surface area contributed by atoms with E-state index in [1.807, 2.05) is 30.9 Å². The number of hydrogen-bond donors (Lipinski definition) is 0. The minimum absolute atomic E-state index is 0.0930. The van der Waals surface area contributed by atoms with Gasteiger partial charge in [0.05, 0.1) is 18.4 Å². The van der Waals surface area contributed by atoms with Gasteiger partial charge in [-0.25, -0.2) is 15.0 Å². The molecule has 2 unspecified atom stereocenters. The van der Waals surface area contributed by atoms with Crippen LogP contribution in [0.5, 0.6) is 0 Å². The van der Waals surface area contributed by atoms with Crippen LogP contribution in [-0.4, -0.2) is 66.4 Å². The lowest BCUT2D eigenvalue weighted by atomic mass is 9.82. The standard InChI is InChI=1S/C20H22N8O/c1-13-10-14(2)25-20(24-13)27-11-15-5-9-26(12-17(15)27)19(29)18-16(4-3-6-21-18)28-22-7-8-23-28/h3-4,6-8,10,15,17H,5,9,11-12H2,1-2H3. The molecule has 0 saturated carbocycles. The summed E-state index contributed by atoms with van der Waals surface area (Å²) in [6, 6.07) is 5.81. The number of nitrogens with zero attached hydrogens (tertiary/aromatic N) is 8. The van der Waals surface area contributed by atoms with Gasteiger partial charge >= 0.3 is 0 Å². The summed E-state index contributed by atoms with van der Waals surface area (Å²) in [7, 11) is 0. The van der Waals surface area contributed by atoms with Gasteiger partial charge in [-0.05, 0) is 38.5 Å². The van der Waals surface area contributed by atoms with E-state index in [0.717, 1.165) is 36.8 Å². The zero-order valence-electron chi connectivity index (χ0n) is 16.4. The molecule has 0 aromatic carbocycles. The Morgan fingerprint density at radius 1 is 1.07 bits per heavy atom. The number of carbonyl (C=O) groups excluding carboxylic acids is 1. The number of rotatable bonds is 3. The first kappa shape index (κ1) is 17.7. The van der Waals surface area contributed by atoms with Crippen LogP contribution in [0, 0.1) is 19.8 Å². The van der Waals surface area contributed by atoms with Gasteiger partial charge in [0, 0.05) is 43.1 Å². The first-order valence-electron chi connectivity index (χ1n) is 9.80. The molecule has 0 N–H and O–H groups in total. The molecular formula is C20H22N8O. The van der Waals surface area contributed by atoms with Gasteiger partial charge in [0.25, 0.3) is 5.91 Å². The van der Waals surface area contributed by atoms with Gasteiger partial charge < -0.3 is 9.80 Å². The average molecular weight is 390 g/mol. The van der Waals surface area contributed by atoms with Crippen molar-refractivity contribution in [3.8, 4) is 5.69 Å². The maximum Gasteiger partial charge on any atom is 0.274 e.